The smallest absolute Gasteiger partial charge is 0.252 e. The molecular formula is C6H10O8. The summed E-state index contributed by atoms with van der Waals surface area (Å²) in [6.45, 7) is 0. The average Bonchev–Trinajstić information content (AvgIpc) is 3.02. The highest BCUT2D eigenvalue weighted by Crippen LogP contribution is 2.37. The van der Waals surface area contributed by atoms with Crippen LogP contribution >= 0.6 is 0 Å². The highest BCUT2D eigenvalue weighted by Gasteiger charge is 2.64. The summed E-state index contributed by atoms with van der Waals surface area (Å²) < 4.78 is 4.25. The Kier molecular flexibility index (Phi) is 2.25. The zero-order valence-electron chi connectivity index (χ0n) is 6.85. The number of ether oxygens (including phenoxy) is 1. The van der Waals surface area contributed by atoms with Crippen molar-refractivity contribution in [1.29, 1.82) is 0 Å². The Bertz CT molecular complexity index is 230. The first-order valence-corrected chi connectivity index (χ1v) is 3.91. The predicted octanol–water partition coefficient (Wildman–Crippen LogP) is -3.61. The molecule has 2 heterocycles. The monoisotopic (exact) mass is 210 g/mol. The number of hydrogen-bond donors (Lipinski definition) is 5. The Morgan fingerprint density at radius 1 is 1.14 bits per heavy atom. The molecule has 5 atom stereocenters. The maximum absolute atomic E-state index is 9.28. The van der Waals surface area contributed by atoms with Crippen LogP contribution in [-0.4, -0.2) is 62.2 Å². The van der Waals surface area contributed by atoms with E-state index in [-0.39, 0.29) is 0 Å². The van der Waals surface area contributed by atoms with E-state index in [2.05, 4.69) is 14.5 Å². The van der Waals surface area contributed by atoms with Crippen LogP contribution in [0.1, 0.15) is 0 Å². The predicted molar refractivity (Wildman–Crippen MR) is 36.0 cm³/mol. The van der Waals surface area contributed by atoms with Crippen molar-refractivity contribution in [3.63, 3.8) is 0 Å². The van der Waals surface area contributed by atoms with Gasteiger partial charge in [-0.05, 0) is 0 Å². The fourth-order valence-electron chi connectivity index (χ4n) is 1.10. The second-order valence-electron chi connectivity index (χ2n) is 3.21. The third-order valence-electron chi connectivity index (χ3n) is 2.18. The molecule has 0 aromatic heterocycles. The molecule has 2 rings (SSSR count). The summed E-state index contributed by atoms with van der Waals surface area (Å²) in [4.78, 5) is 8.39. The molecule has 1 unspecified atom stereocenters. The molecule has 14 heavy (non-hydrogen) atoms. The lowest BCUT2D eigenvalue weighted by Gasteiger charge is -2.22. The van der Waals surface area contributed by atoms with Crippen LogP contribution in [0.3, 0.4) is 0 Å². The number of aliphatic hydroxyl groups excluding tert-OH is 4. The first-order chi connectivity index (χ1) is 6.47. The molecule has 0 bridgehead atoms. The minimum Gasteiger partial charge on any atom is -0.387 e. The van der Waals surface area contributed by atoms with Gasteiger partial charge in [0.1, 0.15) is 18.3 Å². The van der Waals surface area contributed by atoms with Gasteiger partial charge >= 0.3 is 0 Å². The van der Waals surface area contributed by atoms with Crippen LogP contribution in [0.4, 0.5) is 0 Å². The van der Waals surface area contributed by atoms with E-state index < -0.39 is 36.7 Å². The van der Waals surface area contributed by atoms with Crippen molar-refractivity contribution in [2.45, 2.75) is 36.7 Å². The molecule has 2 aliphatic rings. The fourth-order valence-corrected chi connectivity index (χ4v) is 1.10. The standard InChI is InChI=1S/C6H10O8/c7-1(2(8)4-13-14-4)3(9)6(11)5(10)12-6/h1-5,7-11H/t1-,2-,3-,5?,6-/m1/s1. The summed E-state index contributed by atoms with van der Waals surface area (Å²) in [5, 5.41) is 45.7. The highest BCUT2D eigenvalue weighted by atomic mass is 17.4. The van der Waals surface area contributed by atoms with E-state index in [1.54, 1.807) is 0 Å². The van der Waals surface area contributed by atoms with Gasteiger partial charge in [-0.15, -0.1) is 0 Å². The third-order valence-corrected chi connectivity index (χ3v) is 2.18. The Morgan fingerprint density at radius 2 is 1.64 bits per heavy atom. The molecule has 8 nitrogen and oxygen atoms in total. The van der Waals surface area contributed by atoms with Crippen LogP contribution < -0.4 is 0 Å². The molecule has 0 aromatic rings. The fraction of sp³-hybridized carbons (Fsp3) is 1.00. The lowest BCUT2D eigenvalue weighted by atomic mass is 10.0. The van der Waals surface area contributed by atoms with Crippen LogP contribution in [0, 0.1) is 0 Å². The molecule has 0 saturated carbocycles. The Morgan fingerprint density at radius 3 is 2.00 bits per heavy atom. The van der Waals surface area contributed by atoms with Gasteiger partial charge in [-0.1, -0.05) is 0 Å². The van der Waals surface area contributed by atoms with Gasteiger partial charge in [0, 0.05) is 0 Å². The molecule has 82 valence electrons. The molecule has 0 spiro atoms. The number of hydrogen-bond acceptors (Lipinski definition) is 8. The molecular weight excluding hydrogens is 200 g/mol. The summed E-state index contributed by atoms with van der Waals surface area (Å²) in [6, 6.07) is 0. The van der Waals surface area contributed by atoms with Crippen LogP contribution in [0.25, 0.3) is 0 Å². The van der Waals surface area contributed by atoms with E-state index in [4.69, 9.17) is 5.11 Å². The molecule has 2 saturated heterocycles. The minimum atomic E-state index is -2.23. The van der Waals surface area contributed by atoms with Gasteiger partial charge in [0.15, 0.2) is 0 Å². The lowest BCUT2D eigenvalue weighted by molar-refractivity contribution is -0.154. The Labute approximate surface area is 77.8 Å². The minimum absolute atomic E-state index is 1.03. The van der Waals surface area contributed by atoms with Gasteiger partial charge in [-0.25, -0.2) is 0 Å². The quantitative estimate of drug-likeness (QED) is 0.237. The summed E-state index contributed by atoms with van der Waals surface area (Å²) in [6.07, 6.45) is -7.71. The third kappa shape index (κ3) is 1.51. The van der Waals surface area contributed by atoms with Crippen molar-refractivity contribution in [3.05, 3.63) is 0 Å². The van der Waals surface area contributed by atoms with E-state index in [0.717, 1.165) is 0 Å². The average molecular weight is 210 g/mol. The summed E-state index contributed by atoms with van der Waals surface area (Å²) in [5.74, 6) is -2.23. The Hall–Kier alpha value is -0.320. The van der Waals surface area contributed by atoms with Crippen molar-refractivity contribution in [2.24, 2.45) is 0 Å². The van der Waals surface area contributed by atoms with E-state index in [9.17, 15) is 20.4 Å². The summed E-state index contributed by atoms with van der Waals surface area (Å²) in [7, 11) is 0. The van der Waals surface area contributed by atoms with Crippen molar-refractivity contribution < 1.29 is 40.0 Å². The molecule has 0 radical (unpaired) electrons. The molecule has 2 aliphatic heterocycles. The maximum atomic E-state index is 9.28. The van der Waals surface area contributed by atoms with Crippen molar-refractivity contribution in [1.82, 2.24) is 0 Å². The molecule has 8 heteroatoms. The summed E-state index contributed by atoms with van der Waals surface area (Å²) in [5.41, 5.74) is 0. The van der Waals surface area contributed by atoms with E-state index >= 15 is 0 Å². The SMILES string of the molecule is OC1O[C@]1(O)[C@H](O)[C@H](O)[C@@H](O)C1OO1. The number of aliphatic hydroxyl groups is 5. The van der Waals surface area contributed by atoms with E-state index in [0.29, 0.717) is 0 Å². The Balaban J connectivity index is 1.93. The van der Waals surface area contributed by atoms with Crippen molar-refractivity contribution in [3.8, 4) is 0 Å². The molecule has 5 N–H and O–H groups in total. The molecule has 2 fully saturated rings. The molecule has 0 aromatic carbocycles. The van der Waals surface area contributed by atoms with Crippen molar-refractivity contribution in [2.75, 3.05) is 0 Å². The van der Waals surface area contributed by atoms with Gasteiger partial charge in [0.2, 0.25) is 12.1 Å². The first kappa shape index (κ1) is 10.2. The number of rotatable bonds is 4. The van der Waals surface area contributed by atoms with Gasteiger partial charge in [0.05, 0.1) is 0 Å². The van der Waals surface area contributed by atoms with Gasteiger partial charge in [-0.2, -0.15) is 9.78 Å². The van der Waals surface area contributed by atoms with Crippen LogP contribution in [0.2, 0.25) is 0 Å². The normalized spacial score (nSPS) is 43.1. The highest BCUT2D eigenvalue weighted by molar-refractivity contribution is 4.98. The second kappa shape index (κ2) is 3.08. The summed E-state index contributed by atoms with van der Waals surface area (Å²) >= 11 is 0. The second-order valence-corrected chi connectivity index (χ2v) is 3.21. The van der Waals surface area contributed by atoms with Crippen LogP contribution in [0.15, 0.2) is 0 Å². The van der Waals surface area contributed by atoms with Crippen LogP contribution in [0.5, 0.6) is 0 Å². The van der Waals surface area contributed by atoms with Crippen molar-refractivity contribution >= 4 is 0 Å². The zero-order valence-corrected chi connectivity index (χ0v) is 6.85. The van der Waals surface area contributed by atoms with Crippen LogP contribution in [-0.2, 0) is 14.5 Å². The van der Waals surface area contributed by atoms with Gasteiger partial charge in [-0.3, -0.25) is 0 Å². The maximum Gasteiger partial charge on any atom is 0.252 e. The molecule has 0 aliphatic carbocycles. The van der Waals surface area contributed by atoms with E-state index in [1.165, 1.54) is 0 Å². The lowest BCUT2D eigenvalue weighted by Crippen LogP contribution is -2.49. The van der Waals surface area contributed by atoms with E-state index in [1.807, 2.05) is 0 Å². The zero-order chi connectivity index (χ0) is 10.5. The van der Waals surface area contributed by atoms with Gasteiger partial charge < -0.3 is 30.3 Å². The molecule has 0 amide bonds. The topological polar surface area (TPSA) is 139 Å². The largest absolute Gasteiger partial charge is 0.387 e. The number of epoxide rings is 1. The van der Waals surface area contributed by atoms with Gasteiger partial charge in [0.25, 0.3) is 6.29 Å². The first-order valence-electron chi connectivity index (χ1n) is 3.91.